The van der Waals surface area contributed by atoms with Gasteiger partial charge in [-0.25, -0.2) is 0 Å². The Balaban J connectivity index is 2.22. The molecule has 0 spiro atoms. The predicted octanol–water partition coefficient (Wildman–Crippen LogP) is -5.25. The molecule has 152 valence electrons. The van der Waals surface area contributed by atoms with Crippen LogP contribution in [0, 0.1) is 0 Å². The highest BCUT2D eigenvalue weighted by Gasteiger charge is 2.50. The molecule has 0 aromatic heterocycles. The molecule has 0 aliphatic carbocycles. The number of rotatable bonds is 5. The van der Waals surface area contributed by atoms with Gasteiger partial charge in [-0.3, -0.25) is 4.79 Å². The average Bonchev–Trinajstić information content (AvgIpc) is 2.60. The third kappa shape index (κ3) is 4.31. The van der Waals surface area contributed by atoms with Gasteiger partial charge in [-0.1, -0.05) is 0 Å². The minimum absolute atomic E-state index is 0.581. The summed E-state index contributed by atoms with van der Waals surface area (Å²) in [6.07, 6.45) is -13.7. The molecule has 10 atom stereocenters. The van der Waals surface area contributed by atoms with Crippen LogP contribution < -0.4 is 5.32 Å². The molecule has 26 heavy (non-hydrogen) atoms. The molecule has 0 bridgehead atoms. The average molecular weight is 383 g/mol. The van der Waals surface area contributed by atoms with E-state index in [4.69, 9.17) is 14.2 Å². The van der Waals surface area contributed by atoms with E-state index in [9.17, 15) is 40.5 Å². The standard InChI is InChI=1S/C14H25NO11/c1-4(18)15-7-10(21)8(19)5(2-16)25-14(7)26-12-9(20)6(3-17)24-13(23)11(12)22/h5-14,16-17,19-23H,2-3H2,1H3,(H,15,18)/t5-,6-,7-,8-,9-,10-,11-,12+,13?,14+/m1/s1. The summed E-state index contributed by atoms with van der Waals surface area (Å²) in [5.41, 5.74) is 0. The van der Waals surface area contributed by atoms with Crippen molar-refractivity contribution in [3.05, 3.63) is 0 Å². The SMILES string of the molecule is CC(=O)N[C@H]1[C@H](O[C@H]2[C@H](O)[C@@H](CO)OC(O)[C@@H]2O)O[C@H](CO)[C@@H](O)[C@@H]1O. The zero-order valence-corrected chi connectivity index (χ0v) is 14.0. The molecule has 0 radical (unpaired) electrons. The highest BCUT2D eigenvalue weighted by Crippen LogP contribution is 2.28. The van der Waals surface area contributed by atoms with Gasteiger partial charge in [0.05, 0.1) is 13.2 Å². The number of aliphatic hydroxyl groups excluding tert-OH is 7. The van der Waals surface area contributed by atoms with Gasteiger partial charge in [0.1, 0.15) is 48.8 Å². The van der Waals surface area contributed by atoms with Crippen molar-refractivity contribution >= 4 is 5.91 Å². The lowest BCUT2D eigenvalue weighted by Gasteiger charge is -2.46. The van der Waals surface area contributed by atoms with E-state index in [-0.39, 0.29) is 0 Å². The third-order valence-electron chi connectivity index (χ3n) is 4.38. The molecule has 2 fully saturated rings. The quantitative estimate of drug-likeness (QED) is 0.226. The topological polar surface area (TPSA) is 198 Å². The summed E-state index contributed by atoms with van der Waals surface area (Å²) in [5, 5.41) is 70.8. The zero-order chi connectivity index (χ0) is 19.6. The summed E-state index contributed by atoms with van der Waals surface area (Å²) in [6, 6.07) is -1.29. The van der Waals surface area contributed by atoms with E-state index in [0.717, 1.165) is 6.92 Å². The van der Waals surface area contributed by atoms with Crippen LogP contribution in [0.4, 0.5) is 0 Å². The number of carbonyl (C=O) groups excluding carboxylic acids is 1. The third-order valence-corrected chi connectivity index (χ3v) is 4.38. The number of ether oxygens (including phenoxy) is 3. The molecule has 0 aromatic rings. The van der Waals surface area contributed by atoms with Crippen molar-refractivity contribution in [3.8, 4) is 0 Å². The van der Waals surface area contributed by atoms with E-state index in [1.54, 1.807) is 0 Å². The number of hydrogen-bond acceptors (Lipinski definition) is 11. The van der Waals surface area contributed by atoms with Crippen LogP contribution in [0.5, 0.6) is 0 Å². The lowest BCUT2D eigenvalue weighted by Crippen LogP contribution is -2.67. The highest BCUT2D eigenvalue weighted by molar-refractivity contribution is 5.73. The maximum absolute atomic E-state index is 11.4. The van der Waals surface area contributed by atoms with Crippen molar-refractivity contribution in [2.75, 3.05) is 13.2 Å². The van der Waals surface area contributed by atoms with E-state index < -0.39 is 80.5 Å². The van der Waals surface area contributed by atoms with Crippen LogP contribution in [0.25, 0.3) is 0 Å². The second-order valence-corrected chi connectivity index (χ2v) is 6.26. The predicted molar refractivity (Wildman–Crippen MR) is 80.2 cm³/mol. The molecule has 2 aliphatic rings. The Hall–Kier alpha value is -0.930. The lowest BCUT2D eigenvalue weighted by molar-refractivity contribution is -0.341. The smallest absolute Gasteiger partial charge is 0.217 e. The number of nitrogens with one attached hydrogen (secondary N) is 1. The Kier molecular flexibility index (Phi) is 7.27. The van der Waals surface area contributed by atoms with E-state index >= 15 is 0 Å². The van der Waals surface area contributed by atoms with E-state index in [1.807, 2.05) is 0 Å². The van der Waals surface area contributed by atoms with Crippen molar-refractivity contribution < 1.29 is 54.8 Å². The van der Waals surface area contributed by atoms with E-state index in [0.29, 0.717) is 0 Å². The van der Waals surface area contributed by atoms with Crippen LogP contribution in [-0.2, 0) is 19.0 Å². The zero-order valence-electron chi connectivity index (χ0n) is 14.0. The van der Waals surface area contributed by atoms with Crippen LogP contribution in [-0.4, -0.2) is 116 Å². The van der Waals surface area contributed by atoms with Crippen LogP contribution >= 0.6 is 0 Å². The molecular formula is C14H25NO11. The molecule has 12 heteroatoms. The van der Waals surface area contributed by atoms with Gasteiger partial charge in [-0.05, 0) is 0 Å². The molecule has 2 heterocycles. The Labute approximate surface area is 148 Å². The fraction of sp³-hybridized carbons (Fsp3) is 0.929. The minimum atomic E-state index is -1.77. The molecule has 1 amide bonds. The van der Waals surface area contributed by atoms with Crippen molar-refractivity contribution in [1.82, 2.24) is 5.32 Å². The molecule has 0 aromatic carbocycles. The van der Waals surface area contributed by atoms with Gasteiger partial charge in [-0.2, -0.15) is 0 Å². The highest BCUT2D eigenvalue weighted by atomic mass is 16.7. The van der Waals surface area contributed by atoms with Crippen molar-refractivity contribution in [2.45, 2.75) is 68.3 Å². The first kappa shape index (κ1) is 21.4. The van der Waals surface area contributed by atoms with Gasteiger partial charge in [0.15, 0.2) is 12.6 Å². The number of aliphatic hydroxyl groups is 7. The second-order valence-electron chi connectivity index (χ2n) is 6.26. The van der Waals surface area contributed by atoms with Crippen molar-refractivity contribution in [1.29, 1.82) is 0 Å². The van der Waals surface area contributed by atoms with Gasteiger partial charge >= 0.3 is 0 Å². The fourth-order valence-corrected chi connectivity index (χ4v) is 2.97. The van der Waals surface area contributed by atoms with E-state index in [1.165, 1.54) is 0 Å². The van der Waals surface area contributed by atoms with Gasteiger partial charge in [0.25, 0.3) is 0 Å². The summed E-state index contributed by atoms with van der Waals surface area (Å²) in [5.74, 6) is -0.581. The van der Waals surface area contributed by atoms with Crippen LogP contribution in [0.3, 0.4) is 0 Å². The second kappa shape index (κ2) is 8.84. The first-order chi connectivity index (χ1) is 12.2. The molecule has 2 rings (SSSR count). The molecule has 2 aliphatic heterocycles. The molecular weight excluding hydrogens is 358 g/mol. The van der Waals surface area contributed by atoms with Gasteiger partial charge in [0, 0.05) is 6.92 Å². The van der Waals surface area contributed by atoms with Crippen LogP contribution in [0.2, 0.25) is 0 Å². The normalized spacial score (nSPS) is 46.8. The van der Waals surface area contributed by atoms with Gasteiger partial charge in [-0.15, -0.1) is 0 Å². The van der Waals surface area contributed by atoms with Crippen molar-refractivity contribution in [2.24, 2.45) is 0 Å². The number of carbonyl (C=O) groups is 1. The molecule has 1 unspecified atom stereocenters. The van der Waals surface area contributed by atoms with Gasteiger partial charge in [0.2, 0.25) is 5.91 Å². The summed E-state index contributed by atoms with van der Waals surface area (Å²) in [6.45, 7) is -0.199. The molecule has 8 N–H and O–H groups in total. The van der Waals surface area contributed by atoms with Crippen LogP contribution in [0.1, 0.15) is 6.92 Å². The van der Waals surface area contributed by atoms with E-state index in [2.05, 4.69) is 5.32 Å². The Morgan fingerprint density at radius 3 is 2.04 bits per heavy atom. The molecule has 0 saturated carbocycles. The minimum Gasteiger partial charge on any atom is -0.394 e. The number of hydrogen-bond donors (Lipinski definition) is 8. The number of amides is 1. The Morgan fingerprint density at radius 1 is 0.923 bits per heavy atom. The van der Waals surface area contributed by atoms with Crippen molar-refractivity contribution in [3.63, 3.8) is 0 Å². The monoisotopic (exact) mass is 383 g/mol. The maximum Gasteiger partial charge on any atom is 0.217 e. The summed E-state index contributed by atoms with van der Waals surface area (Å²) < 4.78 is 15.6. The first-order valence-electron chi connectivity index (χ1n) is 8.06. The van der Waals surface area contributed by atoms with Gasteiger partial charge < -0.3 is 55.3 Å². The Morgan fingerprint density at radius 2 is 1.50 bits per heavy atom. The fourth-order valence-electron chi connectivity index (χ4n) is 2.97. The maximum atomic E-state index is 11.4. The lowest BCUT2D eigenvalue weighted by atomic mass is 9.95. The summed E-state index contributed by atoms with van der Waals surface area (Å²) in [7, 11) is 0. The summed E-state index contributed by atoms with van der Waals surface area (Å²) >= 11 is 0. The first-order valence-corrected chi connectivity index (χ1v) is 8.06. The largest absolute Gasteiger partial charge is 0.394 e. The molecule has 2 saturated heterocycles. The van der Waals surface area contributed by atoms with Crippen LogP contribution in [0.15, 0.2) is 0 Å². The molecule has 12 nitrogen and oxygen atoms in total. The summed E-state index contributed by atoms with van der Waals surface area (Å²) in [4.78, 5) is 11.4. The Bertz CT molecular complexity index is 480.